The number of hydrogen-bond acceptors (Lipinski definition) is 6. The third-order valence-corrected chi connectivity index (χ3v) is 4.82. The van der Waals surface area contributed by atoms with Crippen LogP contribution in [0.25, 0.3) is 10.2 Å². The summed E-state index contributed by atoms with van der Waals surface area (Å²) in [4.78, 5) is 25.9. The summed E-state index contributed by atoms with van der Waals surface area (Å²) in [7, 11) is 1.79. The highest BCUT2D eigenvalue weighted by Crippen LogP contribution is 2.32. The molecular formula is C14H17ClN4O2S. The first kappa shape index (κ1) is 15.5. The molecular weight excluding hydrogens is 324 g/mol. The van der Waals surface area contributed by atoms with Crippen molar-refractivity contribution in [1.82, 2.24) is 14.9 Å². The summed E-state index contributed by atoms with van der Waals surface area (Å²) in [6, 6.07) is 2.06. The normalized spacial score (nSPS) is 15.3. The molecule has 6 nitrogen and oxygen atoms in total. The van der Waals surface area contributed by atoms with Crippen LogP contribution in [0.2, 0.25) is 5.28 Å². The van der Waals surface area contributed by atoms with Gasteiger partial charge in [0, 0.05) is 31.9 Å². The van der Waals surface area contributed by atoms with Crippen LogP contribution in [0.4, 0.5) is 5.82 Å². The molecule has 1 saturated heterocycles. The number of fused-ring (bicyclic) bond motifs is 1. The maximum atomic E-state index is 11.4. The largest absolute Gasteiger partial charge is 0.378 e. The summed E-state index contributed by atoms with van der Waals surface area (Å²) >= 11 is 7.62. The van der Waals surface area contributed by atoms with Crippen LogP contribution in [-0.4, -0.2) is 54.1 Å². The van der Waals surface area contributed by atoms with Crippen molar-refractivity contribution < 1.29 is 9.53 Å². The van der Waals surface area contributed by atoms with E-state index < -0.39 is 0 Å². The number of halogens is 1. The molecule has 0 aromatic carbocycles. The Morgan fingerprint density at radius 2 is 2.18 bits per heavy atom. The zero-order chi connectivity index (χ0) is 15.7. The lowest BCUT2D eigenvalue weighted by Crippen LogP contribution is -2.36. The number of rotatable bonds is 3. The fraction of sp³-hybridized carbons (Fsp3) is 0.500. The molecule has 1 aliphatic rings. The van der Waals surface area contributed by atoms with E-state index in [1.54, 1.807) is 30.2 Å². The summed E-state index contributed by atoms with van der Waals surface area (Å²) in [5, 5.41) is 1.24. The second kappa shape index (κ2) is 6.36. The Morgan fingerprint density at radius 3 is 2.86 bits per heavy atom. The summed E-state index contributed by atoms with van der Waals surface area (Å²) in [5.41, 5.74) is 0. The van der Waals surface area contributed by atoms with Gasteiger partial charge in [-0.15, -0.1) is 11.3 Å². The summed E-state index contributed by atoms with van der Waals surface area (Å²) in [6.45, 7) is 5.09. The smallest absolute Gasteiger partial charge is 0.225 e. The highest BCUT2D eigenvalue weighted by atomic mass is 35.5. The minimum atomic E-state index is 0.0370. The zero-order valence-corrected chi connectivity index (χ0v) is 14.1. The van der Waals surface area contributed by atoms with Crippen LogP contribution >= 0.6 is 22.9 Å². The molecule has 22 heavy (non-hydrogen) atoms. The van der Waals surface area contributed by atoms with Gasteiger partial charge in [-0.05, 0) is 17.7 Å². The predicted molar refractivity (Wildman–Crippen MR) is 87.6 cm³/mol. The lowest BCUT2D eigenvalue weighted by Gasteiger charge is -2.28. The maximum Gasteiger partial charge on any atom is 0.225 e. The van der Waals surface area contributed by atoms with Gasteiger partial charge in [0.1, 0.15) is 10.6 Å². The minimum absolute atomic E-state index is 0.0370. The van der Waals surface area contributed by atoms with Crippen molar-refractivity contribution >= 4 is 44.9 Å². The van der Waals surface area contributed by atoms with Crippen molar-refractivity contribution in [2.24, 2.45) is 0 Å². The predicted octanol–water partition coefficient (Wildman–Crippen LogP) is 2.16. The summed E-state index contributed by atoms with van der Waals surface area (Å²) in [5.74, 6) is 0.890. The molecule has 0 unspecified atom stereocenters. The van der Waals surface area contributed by atoms with Gasteiger partial charge in [-0.3, -0.25) is 4.79 Å². The van der Waals surface area contributed by atoms with E-state index in [9.17, 15) is 4.79 Å². The molecule has 3 rings (SSSR count). The molecule has 1 amide bonds. The first-order valence-corrected chi connectivity index (χ1v) is 8.24. The topological polar surface area (TPSA) is 58.6 Å². The molecule has 0 saturated carbocycles. The number of thiophene rings is 1. The Hall–Kier alpha value is -1.44. The average molecular weight is 341 g/mol. The van der Waals surface area contributed by atoms with Gasteiger partial charge in [0.05, 0.1) is 25.1 Å². The van der Waals surface area contributed by atoms with E-state index in [-0.39, 0.29) is 11.2 Å². The Balaban J connectivity index is 1.97. The first-order valence-electron chi connectivity index (χ1n) is 7.05. The van der Waals surface area contributed by atoms with E-state index >= 15 is 0 Å². The SMILES string of the molecule is CC(=O)N(C)Cc1cc2c(N3CCOCC3)nc(Cl)nc2s1. The number of aromatic nitrogens is 2. The molecule has 0 radical (unpaired) electrons. The van der Waals surface area contributed by atoms with E-state index in [1.165, 1.54) is 0 Å². The van der Waals surface area contributed by atoms with Gasteiger partial charge in [-0.1, -0.05) is 0 Å². The number of morpholine rings is 1. The van der Waals surface area contributed by atoms with E-state index in [4.69, 9.17) is 16.3 Å². The van der Waals surface area contributed by atoms with E-state index in [1.807, 2.05) is 0 Å². The number of anilines is 1. The first-order chi connectivity index (χ1) is 10.5. The minimum Gasteiger partial charge on any atom is -0.378 e. The van der Waals surface area contributed by atoms with Crippen LogP contribution in [0.5, 0.6) is 0 Å². The number of amides is 1. The number of nitrogens with zero attached hydrogens (tertiary/aromatic N) is 4. The van der Waals surface area contributed by atoms with Crippen molar-refractivity contribution in [3.8, 4) is 0 Å². The molecule has 0 N–H and O–H groups in total. The van der Waals surface area contributed by atoms with Crippen LogP contribution in [0, 0.1) is 0 Å². The number of carbonyl (C=O) groups is 1. The summed E-state index contributed by atoms with van der Waals surface area (Å²) < 4.78 is 5.39. The van der Waals surface area contributed by atoms with Gasteiger partial charge in [0.2, 0.25) is 11.2 Å². The highest BCUT2D eigenvalue weighted by molar-refractivity contribution is 7.18. The Bertz CT molecular complexity index is 699. The molecule has 0 aliphatic carbocycles. The second-order valence-corrected chi connectivity index (χ2v) is 6.68. The third kappa shape index (κ3) is 3.16. The number of carbonyl (C=O) groups excluding carboxylic acids is 1. The maximum absolute atomic E-state index is 11.4. The van der Waals surface area contributed by atoms with Crippen molar-refractivity contribution in [2.45, 2.75) is 13.5 Å². The number of ether oxygens (including phenoxy) is 1. The summed E-state index contributed by atoms with van der Waals surface area (Å²) in [6.07, 6.45) is 0. The van der Waals surface area contributed by atoms with Gasteiger partial charge in [-0.2, -0.15) is 4.98 Å². The van der Waals surface area contributed by atoms with Gasteiger partial charge >= 0.3 is 0 Å². The molecule has 0 bridgehead atoms. The molecule has 1 aliphatic heterocycles. The molecule has 0 atom stereocenters. The van der Waals surface area contributed by atoms with Gasteiger partial charge in [0.25, 0.3) is 0 Å². The van der Waals surface area contributed by atoms with Crippen molar-refractivity contribution in [2.75, 3.05) is 38.3 Å². The molecule has 3 heterocycles. The fourth-order valence-electron chi connectivity index (χ4n) is 2.37. The van der Waals surface area contributed by atoms with E-state index in [0.29, 0.717) is 19.8 Å². The zero-order valence-electron chi connectivity index (χ0n) is 12.5. The van der Waals surface area contributed by atoms with E-state index in [0.717, 1.165) is 34.0 Å². The van der Waals surface area contributed by atoms with Gasteiger partial charge in [-0.25, -0.2) is 4.98 Å². The lowest BCUT2D eigenvalue weighted by molar-refractivity contribution is -0.128. The second-order valence-electron chi connectivity index (χ2n) is 5.22. The van der Waals surface area contributed by atoms with Gasteiger partial charge in [0.15, 0.2) is 0 Å². The molecule has 0 spiro atoms. The van der Waals surface area contributed by atoms with E-state index in [2.05, 4.69) is 20.9 Å². The molecule has 118 valence electrons. The molecule has 2 aromatic rings. The van der Waals surface area contributed by atoms with Crippen LogP contribution in [0.15, 0.2) is 6.07 Å². The Morgan fingerprint density at radius 1 is 1.45 bits per heavy atom. The van der Waals surface area contributed by atoms with Crippen molar-refractivity contribution in [1.29, 1.82) is 0 Å². The van der Waals surface area contributed by atoms with Crippen molar-refractivity contribution in [3.05, 3.63) is 16.2 Å². The quantitative estimate of drug-likeness (QED) is 0.801. The van der Waals surface area contributed by atoms with Gasteiger partial charge < -0.3 is 14.5 Å². The fourth-order valence-corrected chi connectivity index (χ4v) is 3.66. The highest BCUT2D eigenvalue weighted by Gasteiger charge is 2.19. The van der Waals surface area contributed by atoms with Crippen molar-refractivity contribution in [3.63, 3.8) is 0 Å². The number of hydrogen-bond donors (Lipinski definition) is 0. The Labute approximate surface area is 137 Å². The lowest BCUT2D eigenvalue weighted by atomic mass is 10.3. The Kier molecular flexibility index (Phi) is 4.46. The average Bonchev–Trinajstić information content (AvgIpc) is 2.89. The monoisotopic (exact) mass is 340 g/mol. The van der Waals surface area contributed by atoms with Crippen LogP contribution in [0.1, 0.15) is 11.8 Å². The van der Waals surface area contributed by atoms with Crippen LogP contribution in [0.3, 0.4) is 0 Å². The third-order valence-electron chi connectivity index (χ3n) is 3.64. The molecule has 1 fully saturated rings. The van der Waals surface area contributed by atoms with Crippen LogP contribution in [-0.2, 0) is 16.1 Å². The standard InChI is InChI=1S/C14H17ClN4O2S/c1-9(20)18(2)8-10-7-11-12(19-3-5-21-6-4-19)16-14(15)17-13(11)22-10/h7H,3-6,8H2,1-2H3. The van der Waals surface area contributed by atoms with Crippen LogP contribution < -0.4 is 4.90 Å². The molecule has 8 heteroatoms. The molecule has 2 aromatic heterocycles.